The highest BCUT2D eigenvalue weighted by molar-refractivity contribution is 7.92. The number of sulfonamides is 1. The number of carbonyl (C=O) groups is 1. The molecule has 1 spiro atoms. The summed E-state index contributed by atoms with van der Waals surface area (Å²) in [5.41, 5.74) is 2.88. The molecular weight excluding hydrogens is 619 g/mol. The van der Waals surface area contributed by atoms with Crippen LogP contribution in [0.3, 0.4) is 0 Å². The molecule has 0 radical (unpaired) electrons. The molecule has 0 bridgehead atoms. The Hall–Kier alpha value is -4.00. The maximum absolute atomic E-state index is 15.7. The van der Waals surface area contributed by atoms with E-state index >= 15 is 4.39 Å². The van der Waals surface area contributed by atoms with E-state index in [1.165, 1.54) is 18.3 Å². The van der Waals surface area contributed by atoms with Crippen LogP contribution in [-0.2, 0) is 20.2 Å². The number of ether oxygens (including phenoxy) is 1. The molecule has 10 nitrogen and oxygen atoms in total. The summed E-state index contributed by atoms with van der Waals surface area (Å²) < 4.78 is 48.2. The number of benzene rings is 2. The fourth-order valence-corrected chi connectivity index (χ4v) is 6.78. The first-order valence-electron chi connectivity index (χ1n) is 14.5. The van der Waals surface area contributed by atoms with E-state index in [1.54, 1.807) is 24.2 Å². The van der Waals surface area contributed by atoms with Gasteiger partial charge in [-0.1, -0.05) is 32.0 Å². The largest absolute Gasteiger partial charge is 0.475 e. The highest BCUT2D eigenvalue weighted by atomic mass is 35.5. The number of nitrogens with one attached hydrogen (secondary N) is 3. The normalized spacial score (nSPS) is 18.9. The number of para-hydroxylation sites is 1. The number of amides is 1. The monoisotopic (exact) mass is 654 g/mol. The van der Waals surface area contributed by atoms with Crippen molar-refractivity contribution < 1.29 is 22.3 Å². The number of likely N-dealkylation sites (N-methyl/N-ethyl adjacent to an activating group) is 1. The van der Waals surface area contributed by atoms with Gasteiger partial charge in [0.25, 0.3) is 0 Å². The third-order valence-electron chi connectivity index (χ3n) is 8.18. The molecular formula is C32H36ClFN6O4S. The van der Waals surface area contributed by atoms with Crippen LogP contribution in [0.25, 0.3) is 22.0 Å². The van der Waals surface area contributed by atoms with Gasteiger partial charge in [0.2, 0.25) is 21.8 Å². The molecule has 45 heavy (non-hydrogen) atoms. The van der Waals surface area contributed by atoms with Crippen molar-refractivity contribution in [1.29, 1.82) is 0 Å². The number of fused-ring (bicyclic) bond motifs is 4. The Balaban J connectivity index is 0.00000400. The zero-order valence-corrected chi connectivity index (χ0v) is 27.1. The van der Waals surface area contributed by atoms with Gasteiger partial charge in [0.15, 0.2) is 0 Å². The SMILES string of the molecule is CC(C)NCCOc1ncc(-c2cc3c4c(cnc3cc2F)N(C)C(=O)C42CC(Nc3ccccc3)C2)cc1NS(C)(=O)=O.Cl. The van der Waals surface area contributed by atoms with Crippen molar-refractivity contribution in [1.82, 2.24) is 15.3 Å². The number of carbonyl (C=O) groups excluding carboxylic acids is 1. The summed E-state index contributed by atoms with van der Waals surface area (Å²) in [5, 5.41) is 7.42. The lowest BCUT2D eigenvalue weighted by molar-refractivity contribution is -0.126. The van der Waals surface area contributed by atoms with Crippen molar-refractivity contribution in [2.24, 2.45) is 0 Å². The lowest BCUT2D eigenvalue weighted by Gasteiger charge is -2.45. The second-order valence-electron chi connectivity index (χ2n) is 11.8. The molecule has 0 saturated heterocycles. The van der Waals surface area contributed by atoms with Crippen LogP contribution in [0, 0.1) is 5.82 Å². The van der Waals surface area contributed by atoms with Crippen LogP contribution < -0.4 is 25.0 Å². The van der Waals surface area contributed by atoms with Crippen LogP contribution in [0.4, 0.5) is 21.5 Å². The minimum Gasteiger partial charge on any atom is -0.475 e. The van der Waals surface area contributed by atoms with Gasteiger partial charge in [-0.15, -0.1) is 12.4 Å². The number of nitrogens with zero attached hydrogens (tertiary/aromatic N) is 3. The summed E-state index contributed by atoms with van der Waals surface area (Å²) in [7, 11) is -1.94. The van der Waals surface area contributed by atoms with E-state index in [-0.39, 0.29) is 54.1 Å². The predicted octanol–water partition coefficient (Wildman–Crippen LogP) is 5.09. The first-order valence-corrected chi connectivity index (χ1v) is 16.4. The molecule has 2 aliphatic rings. The first-order chi connectivity index (χ1) is 20.9. The van der Waals surface area contributed by atoms with Crippen LogP contribution in [0.15, 0.2) is 60.9 Å². The summed E-state index contributed by atoms with van der Waals surface area (Å²) in [6.45, 7) is 4.81. The van der Waals surface area contributed by atoms with Crippen molar-refractivity contribution in [2.45, 2.75) is 44.2 Å². The molecule has 1 saturated carbocycles. The van der Waals surface area contributed by atoms with Crippen molar-refractivity contribution >= 4 is 56.3 Å². The van der Waals surface area contributed by atoms with Gasteiger partial charge in [-0.2, -0.15) is 0 Å². The molecule has 1 aliphatic carbocycles. The minimum atomic E-state index is -3.69. The molecule has 2 aromatic carbocycles. The fourth-order valence-electron chi connectivity index (χ4n) is 6.23. The van der Waals surface area contributed by atoms with Crippen molar-refractivity contribution in [2.75, 3.05) is 41.4 Å². The maximum atomic E-state index is 15.7. The number of aromatic nitrogens is 2. The first kappa shape index (κ1) is 32.4. The van der Waals surface area contributed by atoms with Crippen LogP contribution >= 0.6 is 12.4 Å². The van der Waals surface area contributed by atoms with Crippen molar-refractivity contribution in [3.05, 3.63) is 72.3 Å². The Morgan fingerprint density at radius 3 is 2.53 bits per heavy atom. The quantitative estimate of drug-likeness (QED) is 0.202. The molecule has 238 valence electrons. The topological polar surface area (TPSA) is 126 Å². The number of pyridine rings is 2. The van der Waals surface area contributed by atoms with Crippen molar-refractivity contribution in [3.63, 3.8) is 0 Å². The summed E-state index contributed by atoms with van der Waals surface area (Å²) in [6, 6.07) is 14.8. The van der Waals surface area contributed by atoms with Gasteiger partial charge in [-0.3, -0.25) is 14.5 Å². The van der Waals surface area contributed by atoms with E-state index in [2.05, 4.69) is 25.3 Å². The number of hydrogen-bond donors (Lipinski definition) is 3. The van der Waals surface area contributed by atoms with Crippen LogP contribution in [0.1, 0.15) is 32.3 Å². The van der Waals surface area contributed by atoms with Gasteiger partial charge in [0, 0.05) is 65.7 Å². The van der Waals surface area contributed by atoms with Gasteiger partial charge in [-0.05, 0) is 37.1 Å². The van der Waals surface area contributed by atoms with Gasteiger partial charge >= 0.3 is 0 Å². The molecule has 13 heteroatoms. The predicted molar refractivity (Wildman–Crippen MR) is 177 cm³/mol. The molecule has 6 rings (SSSR count). The second kappa shape index (κ2) is 12.4. The van der Waals surface area contributed by atoms with Gasteiger partial charge < -0.3 is 20.3 Å². The highest BCUT2D eigenvalue weighted by Gasteiger charge is 2.58. The average Bonchev–Trinajstić information content (AvgIpc) is 3.17. The lowest BCUT2D eigenvalue weighted by Crippen LogP contribution is -2.53. The van der Waals surface area contributed by atoms with Gasteiger partial charge in [0.05, 0.1) is 29.1 Å². The summed E-state index contributed by atoms with van der Waals surface area (Å²) >= 11 is 0. The Morgan fingerprint density at radius 2 is 1.84 bits per heavy atom. The second-order valence-corrected chi connectivity index (χ2v) is 13.6. The summed E-state index contributed by atoms with van der Waals surface area (Å²) in [6.07, 6.45) is 5.30. The van der Waals surface area contributed by atoms with E-state index < -0.39 is 21.3 Å². The molecule has 0 atom stereocenters. The summed E-state index contributed by atoms with van der Waals surface area (Å²) in [5.74, 6) is -0.463. The minimum absolute atomic E-state index is 0. The smallest absolute Gasteiger partial charge is 0.238 e. The molecule has 1 amide bonds. The van der Waals surface area contributed by atoms with E-state index in [4.69, 9.17) is 4.74 Å². The molecule has 3 heterocycles. The molecule has 4 aromatic rings. The lowest BCUT2D eigenvalue weighted by atomic mass is 9.61. The van der Waals surface area contributed by atoms with E-state index in [9.17, 15) is 13.2 Å². The number of halogens is 2. The Labute approximate surface area is 268 Å². The van der Waals surface area contributed by atoms with E-state index in [0.29, 0.717) is 41.5 Å². The molecule has 1 aliphatic heterocycles. The maximum Gasteiger partial charge on any atom is 0.238 e. The van der Waals surface area contributed by atoms with E-state index in [0.717, 1.165) is 17.5 Å². The third-order valence-corrected chi connectivity index (χ3v) is 8.77. The molecule has 1 fully saturated rings. The Bertz CT molecular complexity index is 1850. The van der Waals surface area contributed by atoms with Gasteiger partial charge in [0.1, 0.15) is 18.1 Å². The Kier molecular flexibility index (Phi) is 8.94. The molecule has 3 N–H and O–H groups in total. The number of hydrogen-bond acceptors (Lipinski definition) is 8. The highest BCUT2D eigenvalue weighted by Crippen LogP contribution is 2.56. The van der Waals surface area contributed by atoms with Crippen LogP contribution in [-0.4, -0.2) is 62.8 Å². The fraction of sp³-hybridized carbons (Fsp3) is 0.344. The Morgan fingerprint density at radius 1 is 1.11 bits per heavy atom. The molecule has 0 unspecified atom stereocenters. The van der Waals surface area contributed by atoms with Crippen molar-refractivity contribution in [3.8, 4) is 17.0 Å². The zero-order chi connectivity index (χ0) is 31.2. The van der Waals surface area contributed by atoms with Crippen LogP contribution in [0.5, 0.6) is 5.88 Å². The third kappa shape index (κ3) is 6.27. The zero-order valence-electron chi connectivity index (χ0n) is 25.4. The summed E-state index contributed by atoms with van der Waals surface area (Å²) in [4.78, 5) is 24.2. The number of anilines is 3. The molecule has 2 aromatic heterocycles. The standard InChI is InChI=1S/C32H35FN6O4S.ClH/c1-19(2)34-10-11-43-30-27(38-44(4,41)42)12-20(17-36-30)23-13-24-26(14-25(23)33)35-18-28-29(24)32(31(40)39(28)3)15-22(16-32)37-21-8-6-5-7-9-21;/h5-9,12-14,17-19,22,34,37-38H,10-11,15-16H2,1-4H3;1H. The number of rotatable bonds is 10. The average molecular weight is 655 g/mol. The van der Waals surface area contributed by atoms with Crippen LogP contribution in [0.2, 0.25) is 0 Å². The van der Waals surface area contributed by atoms with Gasteiger partial charge in [-0.25, -0.2) is 17.8 Å². The van der Waals surface area contributed by atoms with E-state index in [1.807, 2.05) is 44.2 Å².